The van der Waals surface area contributed by atoms with Gasteiger partial charge in [-0.1, -0.05) is 19.1 Å². The number of ether oxygens (including phenoxy) is 1. The monoisotopic (exact) mass is 553 g/mol. The molecular weight excluding hydrogens is 519 g/mol. The Morgan fingerprint density at radius 2 is 1.98 bits per heavy atom. The molecule has 40 heavy (non-hydrogen) atoms. The molecule has 0 bridgehead atoms. The van der Waals surface area contributed by atoms with Gasteiger partial charge >= 0.3 is 6.18 Å². The zero-order valence-electron chi connectivity index (χ0n) is 23.0. The number of halogens is 3. The molecule has 212 valence electrons. The lowest BCUT2D eigenvalue weighted by Gasteiger charge is -2.46. The number of aromatic nitrogens is 3. The second-order valence-electron chi connectivity index (χ2n) is 11.7. The van der Waals surface area contributed by atoms with Gasteiger partial charge in [0.2, 0.25) is 0 Å². The van der Waals surface area contributed by atoms with Gasteiger partial charge in [0.1, 0.15) is 12.2 Å². The molecule has 2 aliphatic heterocycles. The fourth-order valence-electron chi connectivity index (χ4n) is 6.83. The van der Waals surface area contributed by atoms with Gasteiger partial charge in [0, 0.05) is 38.5 Å². The van der Waals surface area contributed by atoms with E-state index in [0.29, 0.717) is 36.6 Å². The number of hydrogen-bond donors (Lipinski definition) is 0. The Morgan fingerprint density at radius 1 is 1.18 bits per heavy atom. The van der Waals surface area contributed by atoms with Crippen LogP contribution in [0.3, 0.4) is 0 Å². The van der Waals surface area contributed by atoms with E-state index < -0.39 is 23.1 Å². The molecule has 2 fully saturated rings. The predicted molar refractivity (Wildman–Crippen MR) is 144 cm³/mol. The summed E-state index contributed by atoms with van der Waals surface area (Å²) < 4.78 is 50.3. The van der Waals surface area contributed by atoms with E-state index in [0.717, 1.165) is 37.3 Å². The topological polar surface area (TPSA) is 63.5 Å². The Kier molecular flexibility index (Phi) is 6.73. The highest BCUT2D eigenvalue weighted by atomic mass is 19.4. The number of nitrogens with zero attached hydrogens (tertiary/aromatic N) is 5. The van der Waals surface area contributed by atoms with E-state index in [-0.39, 0.29) is 23.8 Å². The number of aryl methyl sites for hydroxylation is 1. The van der Waals surface area contributed by atoms with Crippen LogP contribution in [0.15, 0.2) is 42.7 Å². The zero-order chi connectivity index (χ0) is 28.2. The van der Waals surface area contributed by atoms with Crippen LogP contribution in [0.25, 0.3) is 0 Å². The molecule has 1 aliphatic carbocycles. The zero-order valence-corrected chi connectivity index (χ0v) is 23.0. The standard InChI is InChI=1S/C30H34F3N5O2/c1-19-6-5-9-37(15-19)16-20-10-24-25(26(11-20)30(31,32)33)17-38(27(24)39)22-8-4-7-21(12-22)29(13-23(14-29)40-3)28-35-34-18-36(28)2/h4,7-8,10-12,18-19,23H,5-6,9,13-17H2,1-3H3. The first kappa shape index (κ1) is 27.0. The number of carbonyl (C=O) groups excluding carboxylic acids is 1. The van der Waals surface area contributed by atoms with E-state index >= 15 is 0 Å². The number of piperidine rings is 1. The van der Waals surface area contributed by atoms with Crippen molar-refractivity contribution in [3.63, 3.8) is 0 Å². The van der Waals surface area contributed by atoms with E-state index in [1.165, 1.54) is 11.0 Å². The van der Waals surface area contributed by atoms with Crippen molar-refractivity contribution in [3.8, 4) is 0 Å². The predicted octanol–water partition coefficient (Wildman–Crippen LogP) is 5.32. The molecule has 1 atom stereocenters. The van der Waals surface area contributed by atoms with Crippen molar-refractivity contribution in [2.45, 2.75) is 63.4 Å². The van der Waals surface area contributed by atoms with Crippen LogP contribution < -0.4 is 4.90 Å². The maximum Gasteiger partial charge on any atom is 0.416 e. The Balaban J connectivity index is 1.34. The molecule has 1 aromatic heterocycles. The molecule has 1 amide bonds. The molecule has 6 rings (SSSR count). The fraction of sp³-hybridized carbons (Fsp3) is 0.500. The summed E-state index contributed by atoms with van der Waals surface area (Å²) in [4.78, 5) is 17.4. The molecule has 0 N–H and O–H groups in total. The summed E-state index contributed by atoms with van der Waals surface area (Å²) in [6.07, 6.45) is 0.725. The molecule has 2 aromatic carbocycles. The van der Waals surface area contributed by atoms with Crippen molar-refractivity contribution in [2.75, 3.05) is 25.1 Å². The van der Waals surface area contributed by atoms with Crippen molar-refractivity contribution >= 4 is 11.6 Å². The number of alkyl halides is 3. The van der Waals surface area contributed by atoms with Crippen LogP contribution in [0.1, 0.15) is 71.0 Å². The first-order valence-electron chi connectivity index (χ1n) is 13.8. The van der Waals surface area contributed by atoms with E-state index in [1.54, 1.807) is 25.6 Å². The molecule has 7 nitrogen and oxygen atoms in total. The minimum Gasteiger partial charge on any atom is -0.381 e. The van der Waals surface area contributed by atoms with Gasteiger partial charge in [0.25, 0.3) is 5.91 Å². The number of hydrogen-bond acceptors (Lipinski definition) is 5. The highest BCUT2D eigenvalue weighted by Gasteiger charge is 2.50. The van der Waals surface area contributed by atoms with E-state index in [1.807, 2.05) is 29.8 Å². The van der Waals surface area contributed by atoms with Gasteiger partial charge in [-0.25, -0.2) is 0 Å². The minimum atomic E-state index is -4.55. The van der Waals surface area contributed by atoms with Crippen LogP contribution in [0.4, 0.5) is 18.9 Å². The minimum absolute atomic E-state index is 0.0461. The van der Waals surface area contributed by atoms with Gasteiger partial charge < -0.3 is 14.2 Å². The molecule has 1 unspecified atom stereocenters. The SMILES string of the molecule is COC1CC(c2cccc(N3Cc4c(cc(CN5CCCC(C)C5)cc4C(F)(F)F)C3=O)c2)(c2nncn2C)C1. The molecule has 3 heterocycles. The highest BCUT2D eigenvalue weighted by Crippen LogP contribution is 2.50. The molecule has 10 heteroatoms. The van der Waals surface area contributed by atoms with Gasteiger partial charge in [-0.05, 0) is 79.1 Å². The highest BCUT2D eigenvalue weighted by molar-refractivity contribution is 6.10. The summed E-state index contributed by atoms with van der Waals surface area (Å²) in [5, 5.41) is 8.45. The van der Waals surface area contributed by atoms with Crippen LogP contribution in [0, 0.1) is 5.92 Å². The summed E-state index contributed by atoms with van der Waals surface area (Å²) in [5.41, 5.74) is 1.07. The number of amides is 1. The average Bonchev–Trinajstić information content (AvgIpc) is 3.46. The normalized spacial score (nSPS) is 25.2. The number of carbonyl (C=O) groups is 1. The van der Waals surface area contributed by atoms with Crippen LogP contribution in [0.2, 0.25) is 0 Å². The second-order valence-corrected chi connectivity index (χ2v) is 11.7. The number of anilines is 1. The smallest absolute Gasteiger partial charge is 0.381 e. The maximum absolute atomic E-state index is 14.3. The lowest BCUT2D eigenvalue weighted by Crippen LogP contribution is -2.48. The van der Waals surface area contributed by atoms with Crippen molar-refractivity contribution in [3.05, 3.63) is 76.4 Å². The molecule has 3 aliphatic rings. The largest absolute Gasteiger partial charge is 0.416 e. The van der Waals surface area contributed by atoms with E-state index in [4.69, 9.17) is 4.74 Å². The van der Waals surface area contributed by atoms with Crippen LogP contribution >= 0.6 is 0 Å². The van der Waals surface area contributed by atoms with Gasteiger partial charge in [0.05, 0.1) is 23.6 Å². The summed E-state index contributed by atoms with van der Waals surface area (Å²) in [6.45, 7) is 4.16. The summed E-state index contributed by atoms with van der Waals surface area (Å²) >= 11 is 0. The third-order valence-electron chi connectivity index (χ3n) is 8.89. The maximum atomic E-state index is 14.3. The lowest BCUT2D eigenvalue weighted by atomic mass is 9.62. The Hall–Kier alpha value is -3.24. The molecular formula is C30H34F3N5O2. The Morgan fingerprint density at radius 3 is 2.65 bits per heavy atom. The van der Waals surface area contributed by atoms with Crippen LogP contribution in [0.5, 0.6) is 0 Å². The lowest BCUT2D eigenvalue weighted by molar-refractivity contribution is -0.138. The fourth-order valence-corrected chi connectivity index (χ4v) is 6.83. The number of methoxy groups -OCH3 is 1. The van der Waals surface area contributed by atoms with Crippen LogP contribution in [-0.2, 0) is 36.5 Å². The number of fused-ring (bicyclic) bond motifs is 1. The van der Waals surface area contributed by atoms with Gasteiger partial charge in [0.15, 0.2) is 0 Å². The van der Waals surface area contributed by atoms with Crippen LogP contribution in [-0.4, -0.2) is 51.9 Å². The number of benzene rings is 2. The molecule has 0 radical (unpaired) electrons. The van der Waals surface area contributed by atoms with Crippen molar-refractivity contribution in [1.29, 1.82) is 0 Å². The number of rotatable bonds is 6. The summed E-state index contributed by atoms with van der Waals surface area (Å²) in [5.74, 6) is 0.905. The van der Waals surface area contributed by atoms with Crippen molar-refractivity contribution in [2.24, 2.45) is 13.0 Å². The van der Waals surface area contributed by atoms with Crippen molar-refractivity contribution < 1.29 is 22.7 Å². The molecule has 0 spiro atoms. The summed E-state index contributed by atoms with van der Waals surface area (Å²) in [7, 11) is 3.57. The van der Waals surface area contributed by atoms with Gasteiger partial charge in [-0.2, -0.15) is 13.2 Å². The number of likely N-dealkylation sites (tertiary alicyclic amines) is 1. The third kappa shape index (κ3) is 4.60. The molecule has 3 aromatic rings. The van der Waals surface area contributed by atoms with Crippen molar-refractivity contribution in [1.82, 2.24) is 19.7 Å². The molecule has 1 saturated heterocycles. The first-order chi connectivity index (χ1) is 19.1. The Bertz CT molecular complexity index is 1430. The summed E-state index contributed by atoms with van der Waals surface area (Å²) in [6, 6.07) is 10.4. The van der Waals surface area contributed by atoms with Gasteiger partial charge in [-0.15, -0.1) is 10.2 Å². The molecule has 1 saturated carbocycles. The third-order valence-corrected chi connectivity index (χ3v) is 8.89. The van der Waals surface area contributed by atoms with E-state index in [2.05, 4.69) is 22.0 Å². The second kappa shape index (κ2) is 9.99. The van der Waals surface area contributed by atoms with E-state index in [9.17, 15) is 18.0 Å². The average molecular weight is 554 g/mol. The Labute approximate surface area is 231 Å². The van der Waals surface area contributed by atoms with Gasteiger partial charge in [-0.3, -0.25) is 9.69 Å². The first-order valence-corrected chi connectivity index (χ1v) is 13.8. The quantitative estimate of drug-likeness (QED) is 0.414.